The molecule has 2 N–H and O–H groups in total. The van der Waals surface area contributed by atoms with E-state index in [9.17, 15) is 5.11 Å². The normalized spacial score (nSPS) is 13.1. The highest BCUT2D eigenvalue weighted by molar-refractivity contribution is 5.28. The molecule has 0 saturated heterocycles. The van der Waals surface area contributed by atoms with Crippen LogP contribution in [0, 0.1) is 0 Å². The molecule has 0 heterocycles. The highest BCUT2D eigenvalue weighted by atomic mass is 16.5. The SMILES string of the molecule is C[C@H](CCc1ccc(OCc2ccccc2)cc1)NC[C@H](O)c1ccccc1. The van der Waals surface area contributed by atoms with Gasteiger partial charge in [0.15, 0.2) is 0 Å². The van der Waals surface area contributed by atoms with Crippen LogP contribution in [-0.2, 0) is 13.0 Å². The summed E-state index contributed by atoms with van der Waals surface area (Å²) in [6.45, 7) is 3.32. The lowest BCUT2D eigenvalue weighted by Crippen LogP contribution is -2.30. The Labute approximate surface area is 168 Å². The van der Waals surface area contributed by atoms with E-state index in [-0.39, 0.29) is 0 Å². The molecule has 3 heteroatoms. The molecule has 3 aromatic rings. The van der Waals surface area contributed by atoms with Crippen LogP contribution in [0.25, 0.3) is 0 Å². The fourth-order valence-corrected chi connectivity index (χ4v) is 3.08. The number of nitrogens with one attached hydrogen (secondary N) is 1. The number of hydrogen-bond donors (Lipinski definition) is 2. The molecule has 28 heavy (non-hydrogen) atoms. The van der Waals surface area contributed by atoms with E-state index in [0.717, 1.165) is 24.2 Å². The van der Waals surface area contributed by atoms with Gasteiger partial charge in [-0.3, -0.25) is 0 Å². The summed E-state index contributed by atoms with van der Waals surface area (Å²) in [5, 5.41) is 13.7. The Morgan fingerprint density at radius 3 is 2.14 bits per heavy atom. The van der Waals surface area contributed by atoms with Gasteiger partial charge in [-0.1, -0.05) is 72.8 Å². The molecular formula is C25H29NO2. The van der Waals surface area contributed by atoms with Crippen molar-refractivity contribution in [2.75, 3.05) is 6.54 Å². The number of rotatable bonds is 10. The third kappa shape index (κ3) is 6.52. The molecule has 3 rings (SSSR count). The first-order valence-corrected chi connectivity index (χ1v) is 9.93. The van der Waals surface area contributed by atoms with Crippen LogP contribution in [0.4, 0.5) is 0 Å². The van der Waals surface area contributed by atoms with Gasteiger partial charge < -0.3 is 15.2 Å². The Hall–Kier alpha value is -2.62. The van der Waals surface area contributed by atoms with Gasteiger partial charge in [-0.05, 0) is 48.6 Å². The monoisotopic (exact) mass is 375 g/mol. The Morgan fingerprint density at radius 1 is 0.821 bits per heavy atom. The molecule has 0 aliphatic rings. The topological polar surface area (TPSA) is 41.5 Å². The summed E-state index contributed by atoms with van der Waals surface area (Å²) >= 11 is 0. The predicted molar refractivity (Wildman–Crippen MR) is 114 cm³/mol. The Balaban J connectivity index is 1.38. The summed E-state index contributed by atoms with van der Waals surface area (Å²) in [7, 11) is 0. The number of aliphatic hydroxyl groups is 1. The van der Waals surface area contributed by atoms with Gasteiger partial charge in [0.2, 0.25) is 0 Å². The van der Waals surface area contributed by atoms with Crippen molar-refractivity contribution in [3.8, 4) is 5.75 Å². The van der Waals surface area contributed by atoms with E-state index in [4.69, 9.17) is 4.74 Å². The third-order valence-electron chi connectivity index (χ3n) is 4.88. The van der Waals surface area contributed by atoms with Crippen LogP contribution in [0.2, 0.25) is 0 Å². The van der Waals surface area contributed by atoms with Crippen molar-refractivity contribution in [1.29, 1.82) is 0 Å². The molecule has 0 fully saturated rings. The van der Waals surface area contributed by atoms with Gasteiger partial charge in [0.1, 0.15) is 12.4 Å². The summed E-state index contributed by atoms with van der Waals surface area (Å²) < 4.78 is 5.84. The zero-order chi connectivity index (χ0) is 19.6. The first-order chi connectivity index (χ1) is 13.7. The molecule has 0 aliphatic heterocycles. The maximum atomic E-state index is 10.2. The highest BCUT2D eigenvalue weighted by Gasteiger charge is 2.09. The van der Waals surface area contributed by atoms with Crippen molar-refractivity contribution in [3.05, 3.63) is 102 Å². The van der Waals surface area contributed by atoms with Gasteiger partial charge in [0.25, 0.3) is 0 Å². The van der Waals surface area contributed by atoms with E-state index < -0.39 is 6.10 Å². The third-order valence-corrected chi connectivity index (χ3v) is 4.88. The molecule has 0 saturated carbocycles. The van der Waals surface area contributed by atoms with Gasteiger partial charge in [0.05, 0.1) is 6.10 Å². The zero-order valence-corrected chi connectivity index (χ0v) is 16.4. The lowest BCUT2D eigenvalue weighted by atomic mass is 10.1. The standard InChI is InChI=1S/C25H29NO2/c1-20(26-18-25(27)23-10-6-3-7-11-23)12-13-21-14-16-24(17-15-21)28-19-22-8-4-2-5-9-22/h2-11,14-17,20,25-27H,12-13,18-19H2,1H3/t20-,25+/m1/s1. The zero-order valence-electron chi connectivity index (χ0n) is 16.4. The van der Waals surface area contributed by atoms with Gasteiger partial charge in [-0.25, -0.2) is 0 Å². The second kappa shape index (κ2) is 10.6. The average molecular weight is 376 g/mol. The molecule has 0 radical (unpaired) electrons. The molecule has 3 aromatic carbocycles. The Kier molecular flexibility index (Phi) is 7.65. The van der Waals surface area contributed by atoms with E-state index in [1.54, 1.807) is 0 Å². The molecule has 0 bridgehead atoms. The van der Waals surface area contributed by atoms with Crippen molar-refractivity contribution in [2.45, 2.75) is 38.5 Å². The molecule has 0 aromatic heterocycles. The molecule has 3 nitrogen and oxygen atoms in total. The van der Waals surface area contributed by atoms with Crippen LogP contribution in [0.5, 0.6) is 5.75 Å². The number of ether oxygens (including phenoxy) is 1. The molecule has 146 valence electrons. The first kappa shape index (κ1) is 20.1. The maximum absolute atomic E-state index is 10.2. The van der Waals surface area contributed by atoms with Crippen molar-refractivity contribution in [3.63, 3.8) is 0 Å². The Bertz CT molecular complexity index is 803. The van der Waals surface area contributed by atoms with Crippen LogP contribution in [0.3, 0.4) is 0 Å². The minimum absolute atomic E-state index is 0.340. The lowest BCUT2D eigenvalue weighted by molar-refractivity contribution is 0.170. The minimum Gasteiger partial charge on any atom is -0.489 e. The van der Waals surface area contributed by atoms with E-state index in [2.05, 4.69) is 36.5 Å². The highest BCUT2D eigenvalue weighted by Crippen LogP contribution is 2.16. The fourth-order valence-electron chi connectivity index (χ4n) is 3.08. The summed E-state index contributed by atoms with van der Waals surface area (Å²) in [6, 6.07) is 28.7. The van der Waals surface area contributed by atoms with Gasteiger partial charge >= 0.3 is 0 Å². The van der Waals surface area contributed by atoms with Gasteiger partial charge in [0, 0.05) is 12.6 Å². The largest absolute Gasteiger partial charge is 0.489 e. The smallest absolute Gasteiger partial charge is 0.119 e. The fraction of sp³-hybridized carbons (Fsp3) is 0.280. The first-order valence-electron chi connectivity index (χ1n) is 9.93. The molecule has 2 atom stereocenters. The summed E-state index contributed by atoms with van der Waals surface area (Å²) in [6.07, 6.45) is 1.55. The minimum atomic E-state index is -0.468. The van der Waals surface area contributed by atoms with E-state index in [1.807, 2.05) is 60.7 Å². The van der Waals surface area contributed by atoms with Gasteiger partial charge in [-0.15, -0.1) is 0 Å². The van der Waals surface area contributed by atoms with Crippen molar-refractivity contribution in [2.24, 2.45) is 0 Å². The maximum Gasteiger partial charge on any atom is 0.119 e. The van der Waals surface area contributed by atoms with E-state index in [1.165, 1.54) is 11.1 Å². The summed E-state index contributed by atoms with van der Waals surface area (Å²) in [4.78, 5) is 0. The number of aliphatic hydroxyl groups excluding tert-OH is 1. The van der Waals surface area contributed by atoms with Gasteiger partial charge in [-0.2, -0.15) is 0 Å². The van der Waals surface area contributed by atoms with Crippen LogP contribution in [0.1, 0.15) is 36.1 Å². The van der Waals surface area contributed by atoms with Crippen molar-refractivity contribution >= 4 is 0 Å². The quantitative estimate of drug-likeness (QED) is 0.529. The van der Waals surface area contributed by atoms with Crippen LogP contribution in [0.15, 0.2) is 84.9 Å². The van der Waals surface area contributed by atoms with Crippen LogP contribution < -0.4 is 10.1 Å². The molecule has 0 spiro atoms. The second-order valence-electron chi connectivity index (χ2n) is 7.19. The lowest BCUT2D eigenvalue weighted by Gasteiger charge is -2.17. The van der Waals surface area contributed by atoms with Crippen LogP contribution >= 0.6 is 0 Å². The van der Waals surface area contributed by atoms with E-state index >= 15 is 0 Å². The number of hydrogen-bond acceptors (Lipinski definition) is 3. The Morgan fingerprint density at radius 2 is 1.46 bits per heavy atom. The molecule has 0 aliphatic carbocycles. The van der Waals surface area contributed by atoms with Crippen molar-refractivity contribution in [1.82, 2.24) is 5.32 Å². The summed E-state index contributed by atoms with van der Waals surface area (Å²) in [5.41, 5.74) is 3.42. The molecule has 0 amide bonds. The summed E-state index contributed by atoms with van der Waals surface area (Å²) in [5.74, 6) is 0.893. The second-order valence-corrected chi connectivity index (χ2v) is 7.19. The average Bonchev–Trinajstić information content (AvgIpc) is 2.76. The molecular weight excluding hydrogens is 346 g/mol. The molecule has 0 unspecified atom stereocenters. The van der Waals surface area contributed by atoms with Crippen molar-refractivity contribution < 1.29 is 9.84 Å². The van der Waals surface area contributed by atoms with E-state index in [0.29, 0.717) is 19.2 Å². The predicted octanol–water partition coefficient (Wildman–Crippen LogP) is 4.91. The number of aryl methyl sites for hydroxylation is 1. The van der Waals surface area contributed by atoms with Crippen LogP contribution in [-0.4, -0.2) is 17.7 Å². The number of benzene rings is 3.